The molecule has 2 aliphatic carbocycles. The molecule has 21 heavy (non-hydrogen) atoms. The molecular formula is C17H22BrClFN. The molecule has 2 aliphatic rings. The molecule has 3 atom stereocenters. The van der Waals surface area contributed by atoms with E-state index in [2.05, 4.69) is 28.2 Å². The van der Waals surface area contributed by atoms with Crippen LogP contribution in [0.2, 0.25) is 5.02 Å². The summed E-state index contributed by atoms with van der Waals surface area (Å²) in [6.07, 6.45) is 6.35. The summed E-state index contributed by atoms with van der Waals surface area (Å²) in [6.45, 7) is 3.07. The Morgan fingerprint density at radius 1 is 1.33 bits per heavy atom. The van der Waals surface area contributed by atoms with Gasteiger partial charge in [-0.3, -0.25) is 0 Å². The van der Waals surface area contributed by atoms with Crippen LogP contribution in [0.25, 0.3) is 0 Å². The number of hydrogen-bond acceptors (Lipinski definition) is 1. The summed E-state index contributed by atoms with van der Waals surface area (Å²) < 4.78 is 15.2. The van der Waals surface area contributed by atoms with Crippen molar-refractivity contribution in [3.05, 3.63) is 33.0 Å². The van der Waals surface area contributed by atoms with Crippen LogP contribution in [0.5, 0.6) is 0 Å². The van der Waals surface area contributed by atoms with Crippen LogP contribution in [0, 0.1) is 23.6 Å². The van der Waals surface area contributed by atoms with Gasteiger partial charge in [0.15, 0.2) is 0 Å². The van der Waals surface area contributed by atoms with Crippen LogP contribution in [0.4, 0.5) is 4.39 Å². The Hall–Kier alpha value is -0.120. The molecule has 1 aromatic rings. The molecule has 0 spiro atoms. The van der Waals surface area contributed by atoms with Gasteiger partial charge in [-0.05, 0) is 65.6 Å². The average Bonchev–Trinajstić information content (AvgIpc) is 3.21. The first kappa shape index (κ1) is 15.8. The van der Waals surface area contributed by atoms with Gasteiger partial charge in [0.05, 0.1) is 5.02 Å². The first-order valence-corrected chi connectivity index (χ1v) is 9.19. The van der Waals surface area contributed by atoms with E-state index in [-0.39, 0.29) is 16.9 Å². The lowest BCUT2D eigenvalue weighted by Crippen LogP contribution is -2.26. The first-order valence-electron chi connectivity index (χ1n) is 8.02. The highest BCUT2D eigenvalue weighted by molar-refractivity contribution is 9.10. The number of nitrogens with one attached hydrogen (secondary N) is 1. The summed E-state index contributed by atoms with van der Waals surface area (Å²) in [5, 5.41) is 3.79. The molecule has 116 valence electrons. The highest BCUT2D eigenvalue weighted by atomic mass is 79.9. The Morgan fingerprint density at radius 3 is 2.62 bits per heavy atom. The Bertz CT molecular complexity index is 510. The van der Waals surface area contributed by atoms with Crippen molar-refractivity contribution in [3.63, 3.8) is 0 Å². The van der Waals surface area contributed by atoms with Crippen molar-refractivity contribution in [1.82, 2.24) is 5.32 Å². The zero-order valence-corrected chi connectivity index (χ0v) is 14.7. The maximum atomic E-state index is 14.6. The van der Waals surface area contributed by atoms with Crippen molar-refractivity contribution < 1.29 is 4.39 Å². The fourth-order valence-corrected chi connectivity index (χ4v) is 4.55. The third kappa shape index (κ3) is 3.02. The largest absolute Gasteiger partial charge is 0.310 e. The van der Waals surface area contributed by atoms with Crippen LogP contribution in [0.3, 0.4) is 0 Å². The standard InChI is InChI=1S/C17H22BrClFN/c1-2-9-21-17(14-10-5-3-4-6-11(10)14)12-7-8-13(18)15(19)16(12)20/h7-8,10-11,14,17,21H,2-6,9H2,1H3. The summed E-state index contributed by atoms with van der Waals surface area (Å²) in [4.78, 5) is 0. The van der Waals surface area contributed by atoms with Gasteiger partial charge >= 0.3 is 0 Å². The maximum absolute atomic E-state index is 14.6. The van der Waals surface area contributed by atoms with Gasteiger partial charge in [-0.1, -0.05) is 37.4 Å². The van der Waals surface area contributed by atoms with Gasteiger partial charge in [0.1, 0.15) is 5.82 Å². The summed E-state index contributed by atoms with van der Waals surface area (Å²) >= 11 is 9.39. The molecule has 0 radical (unpaired) electrons. The number of rotatable bonds is 5. The molecular weight excluding hydrogens is 353 g/mol. The van der Waals surface area contributed by atoms with Gasteiger partial charge in [-0.2, -0.15) is 0 Å². The molecule has 2 fully saturated rings. The monoisotopic (exact) mass is 373 g/mol. The topological polar surface area (TPSA) is 12.0 Å². The maximum Gasteiger partial charge on any atom is 0.147 e. The summed E-state index contributed by atoms with van der Waals surface area (Å²) in [7, 11) is 0. The van der Waals surface area contributed by atoms with Gasteiger partial charge in [-0.15, -0.1) is 0 Å². The van der Waals surface area contributed by atoms with Crippen molar-refractivity contribution in [2.24, 2.45) is 17.8 Å². The van der Waals surface area contributed by atoms with E-state index in [9.17, 15) is 4.39 Å². The first-order chi connectivity index (χ1) is 10.1. The van der Waals surface area contributed by atoms with Gasteiger partial charge in [-0.25, -0.2) is 4.39 Å². The van der Waals surface area contributed by atoms with E-state index < -0.39 is 0 Å². The van der Waals surface area contributed by atoms with Crippen molar-refractivity contribution in [2.45, 2.75) is 45.1 Å². The van der Waals surface area contributed by atoms with Crippen LogP contribution < -0.4 is 5.32 Å². The minimum atomic E-state index is -0.261. The Balaban J connectivity index is 1.87. The van der Waals surface area contributed by atoms with E-state index in [0.29, 0.717) is 10.4 Å². The van der Waals surface area contributed by atoms with Crippen molar-refractivity contribution >= 4 is 27.5 Å². The number of halogens is 3. The zero-order valence-electron chi connectivity index (χ0n) is 12.3. The highest BCUT2D eigenvalue weighted by Crippen LogP contribution is 2.60. The molecule has 0 aromatic heterocycles. The summed E-state index contributed by atoms with van der Waals surface area (Å²) in [5.74, 6) is 1.90. The van der Waals surface area contributed by atoms with E-state index in [1.54, 1.807) is 0 Å². The fraction of sp³-hybridized carbons (Fsp3) is 0.647. The minimum Gasteiger partial charge on any atom is -0.310 e. The molecule has 3 unspecified atom stereocenters. The Labute approximate surface area is 139 Å². The Kier molecular flexibility index (Phi) is 4.92. The second-order valence-electron chi connectivity index (χ2n) is 6.39. The molecule has 0 amide bonds. The van der Waals surface area contributed by atoms with Crippen LogP contribution in [-0.2, 0) is 0 Å². The van der Waals surface area contributed by atoms with Gasteiger partial charge < -0.3 is 5.32 Å². The minimum absolute atomic E-state index is 0.114. The zero-order chi connectivity index (χ0) is 15.0. The lowest BCUT2D eigenvalue weighted by molar-refractivity contribution is 0.427. The lowest BCUT2D eigenvalue weighted by atomic mass is 9.99. The number of hydrogen-bond donors (Lipinski definition) is 1. The summed E-state index contributed by atoms with van der Waals surface area (Å²) in [6, 6.07) is 3.87. The molecule has 1 aromatic carbocycles. The predicted molar refractivity (Wildman–Crippen MR) is 89.1 cm³/mol. The lowest BCUT2D eigenvalue weighted by Gasteiger charge is -2.21. The third-order valence-corrected chi connectivity index (χ3v) is 6.38. The van der Waals surface area contributed by atoms with Crippen molar-refractivity contribution in [1.29, 1.82) is 0 Å². The van der Waals surface area contributed by atoms with Crippen LogP contribution in [0.1, 0.15) is 50.6 Å². The molecule has 1 N–H and O–H groups in total. The smallest absolute Gasteiger partial charge is 0.147 e. The molecule has 4 heteroatoms. The van der Waals surface area contributed by atoms with Crippen LogP contribution in [0.15, 0.2) is 16.6 Å². The Morgan fingerprint density at radius 2 is 2.00 bits per heavy atom. The van der Waals surface area contributed by atoms with E-state index in [1.807, 2.05) is 12.1 Å². The molecule has 0 bridgehead atoms. The normalized spacial score (nSPS) is 29.0. The van der Waals surface area contributed by atoms with Crippen LogP contribution in [-0.4, -0.2) is 6.54 Å². The van der Waals surface area contributed by atoms with Crippen molar-refractivity contribution in [3.8, 4) is 0 Å². The molecule has 0 aliphatic heterocycles. The average molecular weight is 375 g/mol. The molecule has 1 nitrogen and oxygen atoms in total. The van der Waals surface area contributed by atoms with Crippen LogP contribution >= 0.6 is 27.5 Å². The van der Waals surface area contributed by atoms with Crippen molar-refractivity contribution in [2.75, 3.05) is 6.54 Å². The van der Waals surface area contributed by atoms with E-state index in [1.165, 1.54) is 25.7 Å². The van der Waals surface area contributed by atoms with E-state index in [0.717, 1.165) is 30.4 Å². The molecule has 2 saturated carbocycles. The predicted octanol–water partition coefficient (Wildman–Crippen LogP) is 5.72. The highest BCUT2D eigenvalue weighted by Gasteiger charge is 2.54. The van der Waals surface area contributed by atoms with E-state index >= 15 is 0 Å². The van der Waals surface area contributed by atoms with Gasteiger partial charge in [0, 0.05) is 16.1 Å². The second-order valence-corrected chi connectivity index (χ2v) is 7.62. The van der Waals surface area contributed by atoms with Gasteiger partial charge in [0.25, 0.3) is 0 Å². The van der Waals surface area contributed by atoms with Gasteiger partial charge in [0.2, 0.25) is 0 Å². The third-order valence-electron chi connectivity index (χ3n) is 5.12. The number of benzene rings is 1. The molecule has 0 heterocycles. The fourth-order valence-electron chi connectivity index (χ4n) is 4.08. The second kappa shape index (κ2) is 6.55. The summed E-state index contributed by atoms with van der Waals surface area (Å²) in [5.41, 5.74) is 0.746. The molecule has 0 saturated heterocycles. The molecule has 3 rings (SSSR count). The van der Waals surface area contributed by atoms with E-state index in [4.69, 9.17) is 11.6 Å². The number of fused-ring (bicyclic) bond motifs is 1. The SMILES string of the molecule is CCCNC(c1ccc(Br)c(Cl)c1F)C1C2CCCCC21. The quantitative estimate of drug-likeness (QED) is 0.650.